The Morgan fingerprint density at radius 1 is 1.15 bits per heavy atom. The van der Waals surface area contributed by atoms with E-state index in [1.165, 1.54) is 12.1 Å². The normalized spacial score (nSPS) is 13.0. The minimum absolute atomic E-state index is 0.126. The van der Waals surface area contributed by atoms with Crippen LogP contribution >= 0.6 is 0 Å². The van der Waals surface area contributed by atoms with Gasteiger partial charge in [-0.3, -0.25) is 14.4 Å². The summed E-state index contributed by atoms with van der Waals surface area (Å²) in [5.74, 6) is -2.03. The van der Waals surface area contributed by atoms with E-state index in [1.54, 1.807) is 0 Å². The molecule has 0 fully saturated rings. The minimum atomic E-state index is -1.10. The number of amides is 2. The Balaban J connectivity index is 2.77. The van der Waals surface area contributed by atoms with Gasteiger partial charge in [0.05, 0.1) is 18.5 Å². The molecular formula is C17H26N4O5. The molecule has 0 aliphatic rings. The fourth-order valence-electron chi connectivity index (χ4n) is 2.47. The van der Waals surface area contributed by atoms with E-state index in [0.717, 1.165) is 6.07 Å². The zero-order valence-electron chi connectivity index (χ0n) is 14.5. The standard InChI is InChI=1S/C17H26N4O5/c18-6-2-1-3-13(17(26)12(19)9-15(20)24)21-16(25)7-10-4-5-11(22)8-14(10)23/h4-5,8,12-13,22-23H,1-3,6-7,9,18-19H2,(H2,20,24)(H,21,25)/t12-,13?/m0/s1. The van der Waals surface area contributed by atoms with Gasteiger partial charge in [0.15, 0.2) is 5.78 Å². The van der Waals surface area contributed by atoms with Crippen LogP contribution in [-0.4, -0.2) is 46.4 Å². The van der Waals surface area contributed by atoms with Gasteiger partial charge in [-0.1, -0.05) is 6.07 Å². The molecule has 0 saturated heterocycles. The highest BCUT2D eigenvalue weighted by atomic mass is 16.3. The number of primary amides is 1. The molecular weight excluding hydrogens is 340 g/mol. The predicted octanol–water partition coefficient (Wildman–Crippen LogP) is -0.974. The Morgan fingerprint density at radius 3 is 2.42 bits per heavy atom. The molecule has 0 aliphatic heterocycles. The monoisotopic (exact) mass is 366 g/mol. The second-order valence-corrected chi connectivity index (χ2v) is 6.07. The van der Waals surface area contributed by atoms with Crippen LogP contribution in [0.3, 0.4) is 0 Å². The molecule has 0 heterocycles. The van der Waals surface area contributed by atoms with Crippen LogP contribution in [0.2, 0.25) is 0 Å². The molecule has 1 aromatic carbocycles. The molecule has 0 saturated carbocycles. The van der Waals surface area contributed by atoms with E-state index in [4.69, 9.17) is 17.2 Å². The maximum absolute atomic E-state index is 12.4. The zero-order chi connectivity index (χ0) is 19.7. The van der Waals surface area contributed by atoms with Crippen molar-refractivity contribution < 1.29 is 24.6 Å². The third-order valence-corrected chi connectivity index (χ3v) is 3.83. The molecule has 1 aromatic rings. The summed E-state index contributed by atoms with van der Waals surface area (Å²) in [5.41, 5.74) is 16.5. The van der Waals surface area contributed by atoms with Crippen LogP contribution in [0.5, 0.6) is 11.5 Å². The molecule has 9 N–H and O–H groups in total. The highest BCUT2D eigenvalue weighted by molar-refractivity contribution is 5.95. The number of phenols is 2. The van der Waals surface area contributed by atoms with Crippen LogP contribution < -0.4 is 22.5 Å². The number of unbranched alkanes of at least 4 members (excludes halogenated alkanes) is 1. The SMILES string of the molecule is NCCCCC(NC(=O)Cc1ccc(O)cc1O)C(=O)[C@@H](N)CC(N)=O. The van der Waals surface area contributed by atoms with Gasteiger partial charge >= 0.3 is 0 Å². The first-order valence-electron chi connectivity index (χ1n) is 8.32. The number of hydrogen-bond donors (Lipinski definition) is 6. The van der Waals surface area contributed by atoms with Crippen molar-refractivity contribution in [2.45, 2.75) is 44.2 Å². The van der Waals surface area contributed by atoms with Gasteiger partial charge in [0.25, 0.3) is 0 Å². The van der Waals surface area contributed by atoms with E-state index in [2.05, 4.69) is 5.32 Å². The van der Waals surface area contributed by atoms with E-state index in [-0.39, 0.29) is 24.3 Å². The Labute approximate surface area is 151 Å². The highest BCUT2D eigenvalue weighted by Crippen LogP contribution is 2.22. The van der Waals surface area contributed by atoms with Gasteiger partial charge in [-0.15, -0.1) is 0 Å². The van der Waals surface area contributed by atoms with Crippen molar-refractivity contribution in [3.8, 4) is 11.5 Å². The van der Waals surface area contributed by atoms with Crippen molar-refractivity contribution in [2.75, 3.05) is 6.54 Å². The van der Waals surface area contributed by atoms with Gasteiger partial charge in [0, 0.05) is 18.1 Å². The maximum Gasteiger partial charge on any atom is 0.225 e. The van der Waals surface area contributed by atoms with Crippen molar-refractivity contribution in [1.29, 1.82) is 0 Å². The van der Waals surface area contributed by atoms with Crippen LogP contribution in [0.1, 0.15) is 31.2 Å². The molecule has 26 heavy (non-hydrogen) atoms. The highest BCUT2D eigenvalue weighted by Gasteiger charge is 2.26. The van der Waals surface area contributed by atoms with E-state index >= 15 is 0 Å². The molecule has 0 aliphatic carbocycles. The summed E-state index contributed by atoms with van der Waals surface area (Å²) in [6, 6.07) is 1.90. The van der Waals surface area contributed by atoms with E-state index < -0.39 is 29.7 Å². The van der Waals surface area contributed by atoms with Crippen LogP contribution in [0.4, 0.5) is 0 Å². The summed E-state index contributed by atoms with van der Waals surface area (Å²) in [6.45, 7) is 0.448. The minimum Gasteiger partial charge on any atom is -0.508 e. The first kappa shape index (κ1) is 21.4. The lowest BCUT2D eigenvalue weighted by atomic mass is 9.97. The molecule has 1 rings (SSSR count). The maximum atomic E-state index is 12.4. The molecule has 0 bridgehead atoms. The number of nitrogens with one attached hydrogen (secondary N) is 1. The van der Waals surface area contributed by atoms with Crippen molar-refractivity contribution >= 4 is 17.6 Å². The fourth-order valence-corrected chi connectivity index (χ4v) is 2.47. The van der Waals surface area contributed by atoms with Crippen molar-refractivity contribution in [2.24, 2.45) is 17.2 Å². The van der Waals surface area contributed by atoms with Gasteiger partial charge in [0.1, 0.15) is 11.5 Å². The second-order valence-electron chi connectivity index (χ2n) is 6.07. The first-order chi connectivity index (χ1) is 12.2. The van der Waals surface area contributed by atoms with Crippen LogP contribution in [0.25, 0.3) is 0 Å². The van der Waals surface area contributed by atoms with Gasteiger partial charge < -0.3 is 32.7 Å². The Bertz CT molecular complexity index is 650. The quantitative estimate of drug-likeness (QED) is 0.272. The van der Waals surface area contributed by atoms with Crippen LogP contribution in [-0.2, 0) is 20.8 Å². The smallest absolute Gasteiger partial charge is 0.225 e. The molecule has 9 heteroatoms. The third kappa shape index (κ3) is 7.08. The van der Waals surface area contributed by atoms with Crippen LogP contribution in [0.15, 0.2) is 18.2 Å². The number of nitrogens with two attached hydrogens (primary N) is 3. The van der Waals surface area contributed by atoms with Crippen molar-refractivity contribution in [1.82, 2.24) is 5.32 Å². The van der Waals surface area contributed by atoms with E-state index in [9.17, 15) is 24.6 Å². The molecule has 0 aromatic heterocycles. The molecule has 2 atom stereocenters. The topological polar surface area (TPSA) is 182 Å². The number of ketones is 1. The summed E-state index contributed by atoms with van der Waals surface area (Å²) < 4.78 is 0. The lowest BCUT2D eigenvalue weighted by Crippen LogP contribution is -2.49. The second kappa shape index (κ2) is 10.4. The first-order valence-corrected chi connectivity index (χ1v) is 8.32. The number of Topliss-reactive ketones (excluding diaryl/α,β-unsaturated/α-hetero) is 1. The Kier molecular flexibility index (Phi) is 8.53. The van der Waals surface area contributed by atoms with Gasteiger partial charge in [0.2, 0.25) is 11.8 Å². The number of rotatable bonds is 11. The van der Waals surface area contributed by atoms with Gasteiger partial charge in [-0.25, -0.2) is 0 Å². The average Bonchev–Trinajstić information content (AvgIpc) is 2.55. The Hall–Kier alpha value is -2.65. The summed E-state index contributed by atoms with van der Waals surface area (Å²) >= 11 is 0. The third-order valence-electron chi connectivity index (χ3n) is 3.83. The largest absolute Gasteiger partial charge is 0.508 e. The van der Waals surface area contributed by atoms with E-state index in [0.29, 0.717) is 31.4 Å². The zero-order valence-corrected chi connectivity index (χ0v) is 14.5. The summed E-state index contributed by atoms with van der Waals surface area (Å²) in [6.07, 6.45) is 1.11. The fraction of sp³-hybridized carbons (Fsp3) is 0.471. The summed E-state index contributed by atoms with van der Waals surface area (Å²) in [7, 11) is 0. The number of aromatic hydroxyl groups is 2. The molecule has 0 radical (unpaired) electrons. The average molecular weight is 366 g/mol. The number of benzene rings is 1. The number of hydrogen-bond acceptors (Lipinski definition) is 7. The van der Waals surface area contributed by atoms with Crippen molar-refractivity contribution in [3.63, 3.8) is 0 Å². The Morgan fingerprint density at radius 2 is 1.85 bits per heavy atom. The number of phenolic OH excluding ortho intramolecular Hbond substituents is 2. The summed E-state index contributed by atoms with van der Waals surface area (Å²) in [5, 5.41) is 21.6. The number of carbonyl (C=O) groups is 3. The lowest BCUT2D eigenvalue weighted by Gasteiger charge is -2.21. The predicted molar refractivity (Wildman–Crippen MR) is 95.1 cm³/mol. The molecule has 9 nitrogen and oxygen atoms in total. The van der Waals surface area contributed by atoms with Crippen molar-refractivity contribution in [3.05, 3.63) is 23.8 Å². The van der Waals surface area contributed by atoms with Gasteiger partial charge in [-0.05, 0) is 31.9 Å². The molecule has 144 valence electrons. The molecule has 0 spiro atoms. The van der Waals surface area contributed by atoms with Crippen LogP contribution in [0, 0.1) is 0 Å². The van der Waals surface area contributed by atoms with Gasteiger partial charge in [-0.2, -0.15) is 0 Å². The summed E-state index contributed by atoms with van der Waals surface area (Å²) in [4.78, 5) is 35.6. The number of carbonyl (C=O) groups excluding carboxylic acids is 3. The molecule has 1 unspecified atom stereocenters. The van der Waals surface area contributed by atoms with E-state index in [1.807, 2.05) is 0 Å². The molecule has 2 amide bonds. The lowest BCUT2D eigenvalue weighted by molar-refractivity contribution is -0.129.